The first kappa shape index (κ1) is 13.1. The van der Waals surface area contributed by atoms with E-state index in [1.165, 1.54) is 0 Å². The van der Waals surface area contributed by atoms with E-state index in [1.807, 2.05) is 29.1 Å². The Morgan fingerprint density at radius 3 is 3.00 bits per heavy atom. The zero-order valence-electron chi connectivity index (χ0n) is 11.2. The highest BCUT2D eigenvalue weighted by molar-refractivity contribution is 7.15. The topological polar surface area (TPSA) is 46.8 Å². The Balaban J connectivity index is 1.75. The van der Waals surface area contributed by atoms with Crippen molar-refractivity contribution in [1.29, 1.82) is 0 Å². The summed E-state index contributed by atoms with van der Waals surface area (Å²) in [7, 11) is 0. The van der Waals surface area contributed by atoms with Crippen LogP contribution in [0.1, 0.15) is 38.3 Å². The Morgan fingerprint density at radius 1 is 1.53 bits per heavy atom. The Labute approximate surface area is 117 Å². The zero-order chi connectivity index (χ0) is 13.3. The van der Waals surface area contributed by atoms with Gasteiger partial charge in [0.15, 0.2) is 4.96 Å². The molecule has 2 heterocycles. The highest BCUT2D eigenvalue weighted by atomic mass is 32.1. The fourth-order valence-corrected chi connectivity index (χ4v) is 3.81. The van der Waals surface area contributed by atoms with Gasteiger partial charge in [-0.3, -0.25) is 4.40 Å². The normalized spacial score (nSPS) is 20.1. The molecule has 1 unspecified atom stereocenters. The van der Waals surface area contributed by atoms with Gasteiger partial charge in [0.1, 0.15) is 0 Å². The third kappa shape index (κ3) is 2.42. The van der Waals surface area contributed by atoms with E-state index in [1.54, 1.807) is 11.3 Å². The summed E-state index contributed by atoms with van der Waals surface area (Å²) < 4.78 is 7.91. The van der Waals surface area contributed by atoms with Gasteiger partial charge >= 0.3 is 0 Å². The van der Waals surface area contributed by atoms with Gasteiger partial charge in [0.25, 0.3) is 0 Å². The van der Waals surface area contributed by atoms with Crippen molar-refractivity contribution in [2.45, 2.75) is 50.7 Å². The molecule has 0 aliphatic heterocycles. The lowest BCUT2D eigenvalue weighted by molar-refractivity contribution is -0.115. The second kappa shape index (κ2) is 5.23. The van der Waals surface area contributed by atoms with Crippen LogP contribution in [0, 0.1) is 0 Å². The van der Waals surface area contributed by atoms with Crippen molar-refractivity contribution in [3.8, 4) is 0 Å². The first-order valence-electron chi connectivity index (χ1n) is 6.96. The van der Waals surface area contributed by atoms with Gasteiger partial charge in [-0.05, 0) is 19.8 Å². The van der Waals surface area contributed by atoms with Crippen LogP contribution in [0.15, 0.2) is 17.8 Å². The number of aliphatic hydroxyl groups excluding tert-OH is 1. The van der Waals surface area contributed by atoms with Gasteiger partial charge < -0.3 is 9.84 Å². The highest BCUT2D eigenvalue weighted by Crippen LogP contribution is 2.37. The largest absolute Gasteiger partial charge is 0.390 e. The Bertz CT molecular complexity index is 514. The fourth-order valence-electron chi connectivity index (χ4n) is 3.09. The van der Waals surface area contributed by atoms with Crippen molar-refractivity contribution in [3.63, 3.8) is 0 Å². The fraction of sp³-hybridized carbons (Fsp3) is 0.643. The number of imidazole rings is 1. The maximum atomic E-state index is 10.6. The van der Waals surface area contributed by atoms with Crippen LogP contribution in [0.25, 0.3) is 4.96 Å². The smallest absolute Gasteiger partial charge is 0.193 e. The van der Waals surface area contributed by atoms with Crippen molar-refractivity contribution in [2.75, 3.05) is 6.61 Å². The van der Waals surface area contributed by atoms with Crippen LogP contribution in [0.5, 0.6) is 0 Å². The summed E-state index contributed by atoms with van der Waals surface area (Å²) in [6, 6.07) is 0. The molecule has 1 aliphatic carbocycles. The van der Waals surface area contributed by atoms with Gasteiger partial charge in [-0.2, -0.15) is 0 Å². The third-order valence-corrected chi connectivity index (χ3v) is 4.81. The lowest BCUT2D eigenvalue weighted by atomic mass is 9.91. The second-order valence-electron chi connectivity index (χ2n) is 5.25. The maximum Gasteiger partial charge on any atom is 0.193 e. The second-order valence-corrected chi connectivity index (χ2v) is 6.12. The van der Waals surface area contributed by atoms with Crippen molar-refractivity contribution in [3.05, 3.63) is 23.5 Å². The Kier molecular flexibility index (Phi) is 3.60. The molecule has 1 aliphatic rings. The lowest BCUT2D eigenvalue weighted by Gasteiger charge is -2.33. The first-order valence-corrected chi connectivity index (χ1v) is 7.84. The molecule has 0 amide bonds. The summed E-state index contributed by atoms with van der Waals surface area (Å²) in [4.78, 5) is 5.53. The van der Waals surface area contributed by atoms with Crippen molar-refractivity contribution < 1.29 is 9.84 Å². The SMILES string of the molecule is CCOC1(C(O)Cc2cn3ccsc3n2)CCCC1. The number of ether oxygens (including phenoxy) is 1. The molecule has 4 nitrogen and oxygen atoms in total. The van der Waals surface area contributed by atoms with Crippen LogP contribution >= 0.6 is 11.3 Å². The van der Waals surface area contributed by atoms with Crippen LogP contribution in [-0.4, -0.2) is 32.8 Å². The minimum absolute atomic E-state index is 0.341. The summed E-state index contributed by atoms with van der Waals surface area (Å²) in [5, 5.41) is 12.6. The monoisotopic (exact) mass is 280 g/mol. The van der Waals surface area contributed by atoms with Crippen LogP contribution in [-0.2, 0) is 11.2 Å². The molecule has 0 bridgehead atoms. The average Bonchev–Trinajstić information content (AvgIpc) is 3.04. The van der Waals surface area contributed by atoms with E-state index in [4.69, 9.17) is 4.74 Å². The molecule has 1 saturated carbocycles. The van der Waals surface area contributed by atoms with E-state index in [0.717, 1.165) is 36.3 Å². The molecule has 1 fully saturated rings. The molecule has 0 saturated heterocycles. The van der Waals surface area contributed by atoms with Crippen LogP contribution in [0.4, 0.5) is 0 Å². The summed E-state index contributed by atoms with van der Waals surface area (Å²) in [5.74, 6) is 0. The molecule has 104 valence electrons. The number of fused-ring (bicyclic) bond motifs is 1. The molecule has 1 N–H and O–H groups in total. The maximum absolute atomic E-state index is 10.6. The van der Waals surface area contributed by atoms with Gasteiger partial charge in [0, 0.05) is 30.8 Å². The summed E-state index contributed by atoms with van der Waals surface area (Å²) >= 11 is 1.62. The van der Waals surface area contributed by atoms with Gasteiger partial charge in [-0.15, -0.1) is 11.3 Å². The minimum atomic E-state index is -0.459. The van der Waals surface area contributed by atoms with E-state index < -0.39 is 6.10 Å². The van der Waals surface area contributed by atoms with E-state index in [2.05, 4.69) is 4.98 Å². The van der Waals surface area contributed by atoms with Crippen molar-refractivity contribution in [2.24, 2.45) is 0 Å². The summed E-state index contributed by atoms with van der Waals surface area (Å²) in [5.41, 5.74) is 0.608. The molecule has 2 aromatic heterocycles. The lowest BCUT2D eigenvalue weighted by Crippen LogP contribution is -2.43. The molecular formula is C14H20N2O2S. The number of thiazole rings is 1. The van der Waals surface area contributed by atoms with Crippen molar-refractivity contribution >= 4 is 16.3 Å². The zero-order valence-corrected chi connectivity index (χ0v) is 12.0. The average molecular weight is 280 g/mol. The highest BCUT2D eigenvalue weighted by Gasteiger charge is 2.41. The van der Waals surface area contributed by atoms with E-state index in [-0.39, 0.29) is 5.60 Å². The third-order valence-electron chi connectivity index (χ3n) is 4.03. The summed E-state index contributed by atoms with van der Waals surface area (Å²) in [6.45, 7) is 2.66. The van der Waals surface area contributed by atoms with Gasteiger partial charge in [-0.25, -0.2) is 4.98 Å². The van der Waals surface area contributed by atoms with Crippen LogP contribution in [0.2, 0.25) is 0 Å². The standard InChI is InChI=1S/C14H20N2O2S/c1-2-18-14(5-3-4-6-14)12(17)9-11-10-16-7-8-19-13(16)15-11/h7-8,10,12,17H,2-6,9H2,1H3. The van der Waals surface area contributed by atoms with Crippen LogP contribution < -0.4 is 0 Å². The minimum Gasteiger partial charge on any atom is -0.390 e. The number of hydrogen-bond acceptors (Lipinski definition) is 4. The van der Waals surface area contributed by atoms with Crippen LogP contribution in [0.3, 0.4) is 0 Å². The van der Waals surface area contributed by atoms with Gasteiger partial charge in [-0.1, -0.05) is 12.8 Å². The predicted octanol–water partition coefficient (Wildman–Crippen LogP) is 2.65. The molecule has 2 aromatic rings. The molecule has 5 heteroatoms. The predicted molar refractivity (Wildman–Crippen MR) is 75.6 cm³/mol. The molecule has 0 spiro atoms. The Morgan fingerprint density at radius 2 is 2.32 bits per heavy atom. The van der Waals surface area contributed by atoms with Crippen molar-refractivity contribution in [1.82, 2.24) is 9.38 Å². The number of hydrogen-bond donors (Lipinski definition) is 1. The first-order chi connectivity index (χ1) is 9.23. The molecule has 0 aromatic carbocycles. The molecule has 19 heavy (non-hydrogen) atoms. The Hall–Kier alpha value is -0.910. The van der Waals surface area contributed by atoms with Gasteiger partial charge in [0.05, 0.1) is 17.4 Å². The quantitative estimate of drug-likeness (QED) is 0.916. The van der Waals surface area contributed by atoms with Gasteiger partial charge in [0.2, 0.25) is 0 Å². The number of aromatic nitrogens is 2. The molecule has 0 radical (unpaired) electrons. The number of rotatable bonds is 5. The van der Waals surface area contributed by atoms with E-state index in [9.17, 15) is 5.11 Å². The van der Waals surface area contributed by atoms with E-state index in [0.29, 0.717) is 13.0 Å². The molecular weight excluding hydrogens is 260 g/mol. The summed E-state index contributed by atoms with van der Waals surface area (Å²) in [6.07, 6.45) is 8.34. The number of nitrogens with zero attached hydrogens (tertiary/aromatic N) is 2. The van der Waals surface area contributed by atoms with E-state index >= 15 is 0 Å². The molecule has 1 atom stereocenters. The number of aliphatic hydroxyl groups is 1. The molecule has 3 rings (SSSR count).